The standard InChI is InChI=1S/C24H28N4O/c1-17-8-9-20(14-18(17)2)23-22(24(29)26-21-10-12-25-13-11-21)16-28(27-23)15-19-6-4-3-5-7-19/h3-9,14,16,21,25H,10-13,15H2,1-2H3,(H,26,29). The van der Waals surface area contributed by atoms with Crippen molar-refractivity contribution in [2.75, 3.05) is 13.1 Å². The summed E-state index contributed by atoms with van der Waals surface area (Å²) in [6.07, 6.45) is 3.81. The number of hydrogen-bond acceptors (Lipinski definition) is 3. The highest BCUT2D eigenvalue weighted by Crippen LogP contribution is 2.25. The molecule has 0 aliphatic carbocycles. The van der Waals surface area contributed by atoms with Crippen molar-refractivity contribution in [3.63, 3.8) is 0 Å². The second kappa shape index (κ2) is 8.62. The van der Waals surface area contributed by atoms with E-state index in [9.17, 15) is 4.79 Å². The second-order valence-corrected chi connectivity index (χ2v) is 7.87. The molecule has 1 aromatic heterocycles. The van der Waals surface area contributed by atoms with Crippen LogP contribution in [-0.2, 0) is 6.54 Å². The SMILES string of the molecule is Cc1ccc(-c2nn(Cc3ccccc3)cc2C(=O)NC2CCNCC2)cc1C. The lowest BCUT2D eigenvalue weighted by Gasteiger charge is -2.23. The number of nitrogens with one attached hydrogen (secondary N) is 2. The number of hydrogen-bond donors (Lipinski definition) is 2. The summed E-state index contributed by atoms with van der Waals surface area (Å²) in [5.74, 6) is -0.0376. The van der Waals surface area contributed by atoms with Gasteiger partial charge in [-0.3, -0.25) is 9.48 Å². The Morgan fingerprint density at radius 1 is 1.10 bits per heavy atom. The van der Waals surface area contributed by atoms with Crippen LogP contribution in [0.25, 0.3) is 11.3 Å². The maximum absolute atomic E-state index is 13.1. The zero-order valence-electron chi connectivity index (χ0n) is 17.1. The summed E-state index contributed by atoms with van der Waals surface area (Å²) in [4.78, 5) is 13.1. The van der Waals surface area contributed by atoms with Gasteiger partial charge in [0.15, 0.2) is 0 Å². The molecule has 0 spiro atoms. The van der Waals surface area contributed by atoms with Gasteiger partial charge in [0.1, 0.15) is 5.69 Å². The molecule has 5 nitrogen and oxygen atoms in total. The summed E-state index contributed by atoms with van der Waals surface area (Å²) < 4.78 is 1.87. The molecule has 0 radical (unpaired) electrons. The Morgan fingerprint density at radius 2 is 1.86 bits per heavy atom. The van der Waals surface area contributed by atoms with Crippen molar-refractivity contribution in [2.45, 2.75) is 39.3 Å². The van der Waals surface area contributed by atoms with Gasteiger partial charge in [0, 0.05) is 17.8 Å². The maximum atomic E-state index is 13.1. The van der Waals surface area contributed by atoms with Crippen LogP contribution in [0, 0.1) is 13.8 Å². The molecule has 2 aromatic carbocycles. The topological polar surface area (TPSA) is 59.0 Å². The quantitative estimate of drug-likeness (QED) is 0.701. The van der Waals surface area contributed by atoms with Crippen LogP contribution in [0.15, 0.2) is 54.7 Å². The predicted octanol–water partition coefficient (Wildman–Crippen LogP) is 3.70. The van der Waals surface area contributed by atoms with Crippen LogP contribution < -0.4 is 10.6 Å². The molecule has 1 fully saturated rings. The largest absolute Gasteiger partial charge is 0.349 e. The highest BCUT2D eigenvalue weighted by molar-refractivity contribution is 6.00. The molecule has 29 heavy (non-hydrogen) atoms. The molecule has 1 aliphatic heterocycles. The number of benzene rings is 2. The van der Waals surface area contributed by atoms with Crippen molar-refractivity contribution in [2.24, 2.45) is 0 Å². The number of aryl methyl sites for hydroxylation is 2. The maximum Gasteiger partial charge on any atom is 0.255 e. The normalized spacial score (nSPS) is 14.7. The molecular formula is C24H28N4O. The average Bonchev–Trinajstić information content (AvgIpc) is 3.15. The van der Waals surface area contributed by atoms with Gasteiger partial charge in [-0.05, 0) is 62.5 Å². The second-order valence-electron chi connectivity index (χ2n) is 7.87. The minimum absolute atomic E-state index is 0.0376. The number of piperidine rings is 1. The van der Waals surface area contributed by atoms with E-state index in [1.807, 2.05) is 29.1 Å². The van der Waals surface area contributed by atoms with Gasteiger partial charge in [0.05, 0.1) is 12.1 Å². The Balaban J connectivity index is 1.66. The van der Waals surface area contributed by atoms with Crippen LogP contribution in [0.5, 0.6) is 0 Å². The summed E-state index contributed by atoms with van der Waals surface area (Å²) >= 11 is 0. The molecule has 2 N–H and O–H groups in total. The lowest BCUT2D eigenvalue weighted by atomic mass is 10.0. The van der Waals surface area contributed by atoms with Crippen molar-refractivity contribution in [1.29, 1.82) is 0 Å². The monoisotopic (exact) mass is 388 g/mol. The first-order valence-electron chi connectivity index (χ1n) is 10.3. The molecule has 150 valence electrons. The number of nitrogens with zero attached hydrogens (tertiary/aromatic N) is 2. The highest BCUT2D eigenvalue weighted by Gasteiger charge is 2.22. The van der Waals surface area contributed by atoms with Crippen LogP contribution in [0.4, 0.5) is 0 Å². The molecule has 4 rings (SSSR count). The van der Waals surface area contributed by atoms with Gasteiger partial charge in [0.2, 0.25) is 0 Å². The van der Waals surface area contributed by atoms with Crippen LogP contribution in [0.2, 0.25) is 0 Å². The third kappa shape index (κ3) is 4.57. The van der Waals surface area contributed by atoms with E-state index in [4.69, 9.17) is 5.10 Å². The van der Waals surface area contributed by atoms with Gasteiger partial charge in [-0.15, -0.1) is 0 Å². The minimum Gasteiger partial charge on any atom is -0.349 e. The van der Waals surface area contributed by atoms with Gasteiger partial charge in [-0.1, -0.05) is 42.5 Å². The predicted molar refractivity (Wildman–Crippen MR) is 116 cm³/mol. The molecule has 0 atom stereocenters. The molecule has 0 saturated carbocycles. The van der Waals surface area contributed by atoms with Crippen molar-refractivity contribution < 1.29 is 4.79 Å². The Bertz CT molecular complexity index is 987. The first-order valence-corrected chi connectivity index (χ1v) is 10.3. The summed E-state index contributed by atoms with van der Waals surface area (Å²) in [7, 11) is 0. The molecule has 3 aromatic rings. The Morgan fingerprint density at radius 3 is 2.59 bits per heavy atom. The van der Waals surface area contributed by atoms with E-state index in [2.05, 4.69) is 54.8 Å². The zero-order valence-corrected chi connectivity index (χ0v) is 17.1. The van der Waals surface area contributed by atoms with E-state index in [0.717, 1.165) is 42.8 Å². The summed E-state index contributed by atoms with van der Waals surface area (Å²) in [6.45, 7) is 6.72. The van der Waals surface area contributed by atoms with Gasteiger partial charge in [-0.2, -0.15) is 5.10 Å². The van der Waals surface area contributed by atoms with Crippen LogP contribution in [0.3, 0.4) is 0 Å². The van der Waals surface area contributed by atoms with Gasteiger partial charge >= 0.3 is 0 Å². The van der Waals surface area contributed by atoms with E-state index in [0.29, 0.717) is 12.1 Å². The number of amides is 1. The van der Waals surface area contributed by atoms with E-state index >= 15 is 0 Å². The third-order valence-electron chi connectivity index (χ3n) is 5.65. The Hall–Kier alpha value is -2.92. The minimum atomic E-state index is -0.0376. The van der Waals surface area contributed by atoms with Gasteiger partial charge in [0.25, 0.3) is 5.91 Å². The summed E-state index contributed by atoms with van der Waals surface area (Å²) in [5.41, 5.74) is 5.96. The van der Waals surface area contributed by atoms with Crippen molar-refractivity contribution in [3.05, 3.63) is 77.0 Å². The molecular weight excluding hydrogens is 360 g/mol. The smallest absolute Gasteiger partial charge is 0.255 e. The number of aromatic nitrogens is 2. The van der Waals surface area contributed by atoms with Crippen molar-refractivity contribution in [3.8, 4) is 11.3 Å². The first kappa shape index (κ1) is 19.4. The lowest BCUT2D eigenvalue weighted by Crippen LogP contribution is -2.42. The molecule has 0 bridgehead atoms. The van der Waals surface area contributed by atoms with Crippen LogP contribution >= 0.6 is 0 Å². The summed E-state index contributed by atoms with van der Waals surface area (Å²) in [5, 5.41) is 11.4. The molecule has 1 aliphatic rings. The molecule has 2 heterocycles. The number of carbonyl (C=O) groups excluding carboxylic acids is 1. The van der Waals surface area contributed by atoms with Crippen LogP contribution in [-0.4, -0.2) is 34.8 Å². The first-order chi connectivity index (χ1) is 14.1. The Labute approximate surface area is 172 Å². The lowest BCUT2D eigenvalue weighted by molar-refractivity contribution is 0.0930. The fourth-order valence-corrected chi connectivity index (χ4v) is 3.77. The van der Waals surface area contributed by atoms with Crippen molar-refractivity contribution >= 4 is 5.91 Å². The van der Waals surface area contributed by atoms with E-state index in [1.165, 1.54) is 11.1 Å². The average molecular weight is 389 g/mol. The fourth-order valence-electron chi connectivity index (χ4n) is 3.77. The van der Waals surface area contributed by atoms with E-state index in [-0.39, 0.29) is 11.9 Å². The number of carbonyl (C=O) groups is 1. The highest BCUT2D eigenvalue weighted by atomic mass is 16.1. The van der Waals surface area contributed by atoms with Gasteiger partial charge in [-0.25, -0.2) is 0 Å². The molecule has 1 amide bonds. The molecule has 0 unspecified atom stereocenters. The zero-order chi connectivity index (χ0) is 20.2. The van der Waals surface area contributed by atoms with Crippen LogP contribution in [0.1, 0.15) is 39.9 Å². The van der Waals surface area contributed by atoms with Crippen molar-refractivity contribution in [1.82, 2.24) is 20.4 Å². The fraction of sp³-hybridized carbons (Fsp3) is 0.333. The third-order valence-corrected chi connectivity index (χ3v) is 5.65. The number of rotatable bonds is 5. The van der Waals surface area contributed by atoms with E-state index in [1.54, 1.807) is 0 Å². The summed E-state index contributed by atoms with van der Waals surface area (Å²) in [6, 6.07) is 16.7. The van der Waals surface area contributed by atoms with E-state index < -0.39 is 0 Å². The Kier molecular flexibility index (Phi) is 5.76. The molecule has 5 heteroatoms. The molecule has 1 saturated heterocycles. The van der Waals surface area contributed by atoms with Gasteiger partial charge < -0.3 is 10.6 Å².